The van der Waals surface area contributed by atoms with E-state index in [1.54, 1.807) is 6.92 Å². The first-order valence-corrected chi connectivity index (χ1v) is 4.71. The first-order chi connectivity index (χ1) is 6.02. The third-order valence-electron chi connectivity index (χ3n) is 3.26. The van der Waals surface area contributed by atoms with Crippen molar-refractivity contribution in [3.05, 3.63) is 0 Å². The number of hydrogen-bond acceptors (Lipinski definition) is 3. The molecular weight excluding hydrogens is 170 g/mol. The minimum atomic E-state index is -1.04. The van der Waals surface area contributed by atoms with Crippen LogP contribution >= 0.6 is 0 Å². The number of hydrogen-bond donors (Lipinski definition) is 2. The number of rotatable bonds is 1. The molecule has 0 saturated carbocycles. The van der Waals surface area contributed by atoms with Gasteiger partial charge in [0.05, 0.1) is 5.60 Å². The molecule has 0 aliphatic carbocycles. The minimum Gasteiger partial charge on any atom is -0.481 e. The fraction of sp³-hybridized carbons (Fsp3) is 0.889. The Kier molecular flexibility index (Phi) is 1.85. The Morgan fingerprint density at radius 2 is 2.31 bits per heavy atom. The van der Waals surface area contributed by atoms with E-state index in [1.807, 2.05) is 0 Å². The maximum absolute atomic E-state index is 11.0. The largest absolute Gasteiger partial charge is 0.481 e. The molecule has 0 amide bonds. The molecule has 2 aliphatic rings. The zero-order valence-electron chi connectivity index (χ0n) is 7.73. The molecule has 2 rings (SSSR count). The molecule has 4 heteroatoms. The zero-order valence-corrected chi connectivity index (χ0v) is 7.73. The van der Waals surface area contributed by atoms with Gasteiger partial charge in [0.25, 0.3) is 0 Å². The summed E-state index contributed by atoms with van der Waals surface area (Å²) in [6, 6.07) is 0.0625. The van der Waals surface area contributed by atoms with Crippen molar-refractivity contribution in [3.63, 3.8) is 0 Å². The molecule has 13 heavy (non-hydrogen) atoms. The summed E-state index contributed by atoms with van der Waals surface area (Å²) in [6.45, 7) is 3.07. The van der Waals surface area contributed by atoms with Crippen molar-refractivity contribution in [1.82, 2.24) is 4.90 Å². The maximum atomic E-state index is 11.0. The number of aliphatic carboxylic acids is 1. The molecule has 0 unspecified atom stereocenters. The molecule has 2 aliphatic heterocycles. The Labute approximate surface area is 77.2 Å². The van der Waals surface area contributed by atoms with E-state index in [0.717, 1.165) is 19.4 Å². The van der Waals surface area contributed by atoms with Crippen LogP contribution in [0.3, 0.4) is 0 Å². The lowest BCUT2D eigenvalue weighted by Crippen LogP contribution is -2.41. The number of nitrogens with zero attached hydrogens (tertiary/aromatic N) is 1. The van der Waals surface area contributed by atoms with Gasteiger partial charge in [-0.2, -0.15) is 0 Å². The molecule has 0 aromatic heterocycles. The third kappa shape index (κ3) is 1.25. The molecule has 0 bridgehead atoms. The van der Waals surface area contributed by atoms with Gasteiger partial charge in [0, 0.05) is 12.6 Å². The van der Waals surface area contributed by atoms with E-state index in [2.05, 4.69) is 4.90 Å². The highest BCUT2D eigenvalue weighted by molar-refractivity contribution is 5.73. The summed E-state index contributed by atoms with van der Waals surface area (Å²) < 4.78 is 0. The average molecular weight is 185 g/mol. The zero-order chi connectivity index (χ0) is 9.64. The van der Waals surface area contributed by atoms with E-state index < -0.39 is 17.5 Å². The Morgan fingerprint density at radius 3 is 2.92 bits per heavy atom. The Balaban J connectivity index is 2.25. The van der Waals surface area contributed by atoms with Gasteiger partial charge in [0.1, 0.15) is 5.92 Å². The van der Waals surface area contributed by atoms with E-state index in [4.69, 9.17) is 5.11 Å². The lowest BCUT2D eigenvalue weighted by Gasteiger charge is -2.23. The summed E-state index contributed by atoms with van der Waals surface area (Å²) in [5, 5.41) is 18.9. The predicted octanol–water partition coefficient (Wildman–Crippen LogP) is -0.0838. The summed E-state index contributed by atoms with van der Waals surface area (Å²) in [5.41, 5.74) is -1.04. The fourth-order valence-electron chi connectivity index (χ4n) is 2.78. The lowest BCUT2D eigenvalue weighted by atomic mass is 9.87. The molecule has 74 valence electrons. The maximum Gasteiger partial charge on any atom is 0.311 e. The van der Waals surface area contributed by atoms with E-state index in [9.17, 15) is 9.90 Å². The monoisotopic (exact) mass is 185 g/mol. The molecule has 0 radical (unpaired) electrons. The van der Waals surface area contributed by atoms with Gasteiger partial charge in [0.15, 0.2) is 0 Å². The molecule has 3 atom stereocenters. The Hall–Kier alpha value is -0.610. The van der Waals surface area contributed by atoms with Gasteiger partial charge in [-0.3, -0.25) is 9.69 Å². The van der Waals surface area contributed by atoms with Crippen molar-refractivity contribution in [2.75, 3.05) is 13.1 Å². The summed E-state index contributed by atoms with van der Waals surface area (Å²) in [7, 11) is 0. The molecule has 0 aromatic rings. The minimum absolute atomic E-state index is 0.0625. The standard InChI is InChI=1S/C9H15NO3/c1-9(13)5-10-4-2-3-6(10)7(9)8(11)12/h6-7,13H,2-5H2,1H3,(H,11,12)/t6-,7-,9+/m0/s1. The van der Waals surface area contributed by atoms with E-state index >= 15 is 0 Å². The normalized spacial score (nSPS) is 45.1. The second-order valence-electron chi connectivity index (χ2n) is 4.35. The van der Waals surface area contributed by atoms with E-state index in [1.165, 1.54) is 0 Å². The summed E-state index contributed by atoms with van der Waals surface area (Å²) in [5.74, 6) is -1.46. The van der Waals surface area contributed by atoms with Crippen molar-refractivity contribution in [2.24, 2.45) is 5.92 Å². The van der Waals surface area contributed by atoms with Gasteiger partial charge in [-0.15, -0.1) is 0 Å². The summed E-state index contributed by atoms with van der Waals surface area (Å²) >= 11 is 0. The highest BCUT2D eigenvalue weighted by Crippen LogP contribution is 2.39. The molecular formula is C9H15NO3. The highest BCUT2D eigenvalue weighted by Gasteiger charge is 2.53. The van der Waals surface area contributed by atoms with Crippen LogP contribution in [0, 0.1) is 5.92 Å². The molecule has 4 nitrogen and oxygen atoms in total. The van der Waals surface area contributed by atoms with Crippen LogP contribution in [0.4, 0.5) is 0 Å². The molecule has 2 heterocycles. The fourth-order valence-corrected chi connectivity index (χ4v) is 2.78. The van der Waals surface area contributed by atoms with Crippen LogP contribution in [0.25, 0.3) is 0 Å². The van der Waals surface area contributed by atoms with Gasteiger partial charge in [-0.05, 0) is 26.3 Å². The quantitative estimate of drug-likeness (QED) is 0.599. The second kappa shape index (κ2) is 2.69. The van der Waals surface area contributed by atoms with Gasteiger partial charge in [0.2, 0.25) is 0 Å². The Morgan fingerprint density at radius 1 is 1.62 bits per heavy atom. The first-order valence-electron chi connectivity index (χ1n) is 4.71. The smallest absolute Gasteiger partial charge is 0.311 e. The van der Waals surface area contributed by atoms with Crippen molar-refractivity contribution < 1.29 is 15.0 Å². The van der Waals surface area contributed by atoms with Crippen LogP contribution in [0.2, 0.25) is 0 Å². The summed E-state index contributed by atoms with van der Waals surface area (Å²) in [4.78, 5) is 13.1. The second-order valence-corrected chi connectivity index (χ2v) is 4.35. The first kappa shape index (κ1) is 8.97. The molecule has 0 spiro atoms. The van der Waals surface area contributed by atoms with Gasteiger partial charge >= 0.3 is 5.97 Å². The molecule has 2 saturated heterocycles. The van der Waals surface area contributed by atoms with Gasteiger partial charge in [-0.1, -0.05) is 0 Å². The number of carboxylic acids is 1. The number of aliphatic hydroxyl groups is 1. The number of fused-ring (bicyclic) bond motifs is 1. The third-order valence-corrected chi connectivity index (χ3v) is 3.26. The van der Waals surface area contributed by atoms with Crippen LogP contribution in [0.5, 0.6) is 0 Å². The molecule has 0 aromatic carbocycles. The van der Waals surface area contributed by atoms with Crippen molar-refractivity contribution >= 4 is 5.97 Å². The van der Waals surface area contributed by atoms with E-state index in [0.29, 0.717) is 6.54 Å². The van der Waals surface area contributed by atoms with Gasteiger partial charge in [-0.25, -0.2) is 0 Å². The van der Waals surface area contributed by atoms with Crippen LogP contribution in [-0.4, -0.2) is 45.8 Å². The van der Waals surface area contributed by atoms with Crippen LogP contribution in [-0.2, 0) is 4.79 Å². The van der Waals surface area contributed by atoms with Gasteiger partial charge < -0.3 is 10.2 Å². The van der Waals surface area contributed by atoms with Crippen LogP contribution in [0.15, 0.2) is 0 Å². The molecule has 2 N–H and O–H groups in total. The highest BCUT2D eigenvalue weighted by atomic mass is 16.4. The predicted molar refractivity (Wildman–Crippen MR) is 46.3 cm³/mol. The SMILES string of the molecule is C[C@@]1(O)CN2CCC[C@H]2[C@H]1C(=O)O. The number of carboxylic acid groups (broad SMARTS) is 1. The van der Waals surface area contributed by atoms with Crippen LogP contribution in [0.1, 0.15) is 19.8 Å². The van der Waals surface area contributed by atoms with Crippen molar-refractivity contribution in [3.8, 4) is 0 Å². The summed E-state index contributed by atoms with van der Waals surface area (Å²) in [6.07, 6.45) is 1.97. The lowest BCUT2D eigenvalue weighted by molar-refractivity contribution is -0.148. The van der Waals surface area contributed by atoms with Crippen molar-refractivity contribution in [1.29, 1.82) is 0 Å². The molecule has 2 fully saturated rings. The Bertz CT molecular complexity index is 239. The van der Waals surface area contributed by atoms with E-state index in [-0.39, 0.29) is 6.04 Å². The number of carbonyl (C=O) groups is 1. The van der Waals surface area contributed by atoms with Crippen LogP contribution < -0.4 is 0 Å². The topological polar surface area (TPSA) is 60.8 Å². The van der Waals surface area contributed by atoms with Crippen molar-refractivity contribution in [2.45, 2.75) is 31.4 Å². The average Bonchev–Trinajstić information content (AvgIpc) is 2.41.